The lowest BCUT2D eigenvalue weighted by Crippen LogP contribution is -2.45. The molecule has 1 aliphatic heterocycles. The topological polar surface area (TPSA) is 82.4 Å². The molecule has 2 amide bonds. The van der Waals surface area contributed by atoms with Crippen molar-refractivity contribution in [1.82, 2.24) is 10.2 Å². The standard InChI is InChI=1S/C11H17N3O3/c1-2-17-10(15)9-3-7-14(8-4-9)11(16)13-6-5-12/h9H,2-4,6-8H2,1H3,(H,13,16). The van der Waals surface area contributed by atoms with Crippen LogP contribution < -0.4 is 5.32 Å². The Balaban J connectivity index is 2.33. The Kier molecular flexibility index (Phi) is 5.27. The van der Waals surface area contributed by atoms with E-state index < -0.39 is 0 Å². The molecule has 0 unspecified atom stereocenters. The van der Waals surface area contributed by atoms with Crippen molar-refractivity contribution < 1.29 is 14.3 Å². The van der Waals surface area contributed by atoms with E-state index in [0.717, 1.165) is 0 Å². The third-order valence-corrected chi connectivity index (χ3v) is 2.72. The number of rotatable bonds is 3. The number of ether oxygens (including phenoxy) is 1. The zero-order valence-corrected chi connectivity index (χ0v) is 9.94. The smallest absolute Gasteiger partial charge is 0.318 e. The molecule has 0 atom stereocenters. The summed E-state index contributed by atoms with van der Waals surface area (Å²) in [7, 11) is 0. The number of piperidine rings is 1. The van der Waals surface area contributed by atoms with Gasteiger partial charge in [0, 0.05) is 13.1 Å². The number of nitrogens with one attached hydrogen (secondary N) is 1. The molecular formula is C11H17N3O3. The number of esters is 1. The van der Waals surface area contributed by atoms with Gasteiger partial charge in [-0.05, 0) is 19.8 Å². The zero-order chi connectivity index (χ0) is 12.7. The van der Waals surface area contributed by atoms with Crippen LogP contribution in [0, 0.1) is 17.2 Å². The first-order chi connectivity index (χ1) is 8.19. The average molecular weight is 239 g/mol. The second-order valence-electron chi connectivity index (χ2n) is 3.83. The molecular weight excluding hydrogens is 222 g/mol. The SMILES string of the molecule is CCOC(=O)C1CCN(C(=O)NCC#N)CC1. The maximum atomic E-state index is 11.5. The maximum absolute atomic E-state index is 11.5. The van der Waals surface area contributed by atoms with Gasteiger partial charge in [-0.2, -0.15) is 5.26 Å². The second-order valence-corrected chi connectivity index (χ2v) is 3.83. The van der Waals surface area contributed by atoms with Crippen molar-refractivity contribution in [3.05, 3.63) is 0 Å². The number of amides is 2. The van der Waals surface area contributed by atoms with Gasteiger partial charge >= 0.3 is 12.0 Å². The van der Waals surface area contributed by atoms with Crippen molar-refractivity contribution in [1.29, 1.82) is 5.26 Å². The van der Waals surface area contributed by atoms with Gasteiger partial charge in [-0.3, -0.25) is 4.79 Å². The average Bonchev–Trinajstić information content (AvgIpc) is 2.36. The summed E-state index contributed by atoms with van der Waals surface area (Å²) in [6.07, 6.45) is 1.25. The molecule has 1 rings (SSSR count). The summed E-state index contributed by atoms with van der Waals surface area (Å²) in [6.45, 7) is 3.24. The third kappa shape index (κ3) is 3.94. The zero-order valence-electron chi connectivity index (χ0n) is 9.94. The molecule has 0 aromatic rings. The van der Waals surface area contributed by atoms with E-state index in [-0.39, 0.29) is 24.5 Å². The monoisotopic (exact) mass is 239 g/mol. The van der Waals surface area contributed by atoms with Gasteiger partial charge in [0.25, 0.3) is 0 Å². The van der Waals surface area contributed by atoms with Crippen LogP contribution >= 0.6 is 0 Å². The highest BCUT2D eigenvalue weighted by Gasteiger charge is 2.27. The van der Waals surface area contributed by atoms with Gasteiger partial charge in [0.2, 0.25) is 0 Å². The minimum atomic E-state index is -0.242. The van der Waals surface area contributed by atoms with Gasteiger partial charge in [0.15, 0.2) is 0 Å². The predicted octanol–water partition coefficient (Wildman–Crippen LogP) is 0.495. The quantitative estimate of drug-likeness (QED) is 0.574. The number of nitriles is 1. The summed E-state index contributed by atoms with van der Waals surface area (Å²) in [5.74, 6) is -0.278. The van der Waals surface area contributed by atoms with Crippen LogP contribution in [0.25, 0.3) is 0 Å². The summed E-state index contributed by atoms with van der Waals surface area (Å²) >= 11 is 0. The predicted molar refractivity (Wildman–Crippen MR) is 59.9 cm³/mol. The number of hydrogen-bond acceptors (Lipinski definition) is 4. The van der Waals surface area contributed by atoms with Gasteiger partial charge in [0.1, 0.15) is 6.54 Å². The highest BCUT2D eigenvalue weighted by atomic mass is 16.5. The van der Waals surface area contributed by atoms with Crippen LogP contribution in [-0.2, 0) is 9.53 Å². The maximum Gasteiger partial charge on any atom is 0.318 e. The second kappa shape index (κ2) is 6.74. The highest BCUT2D eigenvalue weighted by Crippen LogP contribution is 2.18. The van der Waals surface area contributed by atoms with E-state index in [9.17, 15) is 9.59 Å². The van der Waals surface area contributed by atoms with Crippen LogP contribution in [0.4, 0.5) is 4.79 Å². The molecule has 1 fully saturated rings. The van der Waals surface area contributed by atoms with Gasteiger partial charge in [-0.1, -0.05) is 0 Å². The van der Waals surface area contributed by atoms with Crippen LogP contribution in [-0.4, -0.2) is 43.1 Å². The van der Waals surface area contributed by atoms with Crippen LogP contribution in [0.15, 0.2) is 0 Å². The molecule has 6 nitrogen and oxygen atoms in total. The van der Waals surface area contributed by atoms with E-state index in [0.29, 0.717) is 32.5 Å². The molecule has 6 heteroatoms. The molecule has 1 saturated heterocycles. The van der Waals surface area contributed by atoms with Crippen molar-refractivity contribution in [3.63, 3.8) is 0 Å². The number of carbonyl (C=O) groups excluding carboxylic acids is 2. The molecule has 17 heavy (non-hydrogen) atoms. The first kappa shape index (κ1) is 13.3. The van der Waals surface area contributed by atoms with E-state index in [1.807, 2.05) is 6.07 Å². The lowest BCUT2D eigenvalue weighted by Gasteiger charge is -2.30. The van der Waals surface area contributed by atoms with Gasteiger partial charge in [-0.25, -0.2) is 4.79 Å². The number of likely N-dealkylation sites (tertiary alicyclic amines) is 1. The minimum absolute atomic E-state index is 0.0106. The number of nitrogens with zero attached hydrogens (tertiary/aromatic N) is 2. The summed E-state index contributed by atoms with van der Waals surface area (Å²) in [5.41, 5.74) is 0. The van der Waals surface area contributed by atoms with E-state index in [2.05, 4.69) is 5.32 Å². The van der Waals surface area contributed by atoms with Crippen LogP contribution in [0.1, 0.15) is 19.8 Å². The normalized spacial score (nSPS) is 16.1. The largest absolute Gasteiger partial charge is 0.466 e. The Labute approximate surface area is 101 Å². The molecule has 0 saturated carbocycles. The lowest BCUT2D eigenvalue weighted by atomic mass is 9.97. The summed E-state index contributed by atoms with van der Waals surface area (Å²) in [4.78, 5) is 24.6. The molecule has 1 heterocycles. The van der Waals surface area contributed by atoms with Crippen LogP contribution in [0.3, 0.4) is 0 Å². The van der Waals surface area contributed by atoms with Crippen molar-refractivity contribution >= 4 is 12.0 Å². The Hall–Kier alpha value is -1.77. The van der Waals surface area contributed by atoms with Crippen molar-refractivity contribution in [2.75, 3.05) is 26.2 Å². The van der Waals surface area contributed by atoms with Crippen molar-refractivity contribution in [2.24, 2.45) is 5.92 Å². The number of hydrogen-bond donors (Lipinski definition) is 1. The molecule has 0 aliphatic carbocycles. The Morgan fingerprint density at radius 1 is 1.47 bits per heavy atom. The molecule has 0 radical (unpaired) electrons. The molecule has 94 valence electrons. The van der Waals surface area contributed by atoms with Gasteiger partial charge in [0.05, 0.1) is 18.6 Å². The minimum Gasteiger partial charge on any atom is -0.466 e. The van der Waals surface area contributed by atoms with Crippen molar-refractivity contribution in [2.45, 2.75) is 19.8 Å². The molecule has 0 bridgehead atoms. The third-order valence-electron chi connectivity index (χ3n) is 2.72. The summed E-state index contributed by atoms with van der Waals surface area (Å²) < 4.78 is 4.94. The fourth-order valence-electron chi connectivity index (χ4n) is 1.81. The van der Waals surface area contributed by atoms with Gasteiger partial charge < -0.3 is 15.0 Å². The van der Waals surface area contributed by atoms with Gasteiger partial charge in [-0.15, -0.1) is 0 Å². The fraction of sp³-hybridized carbons (Fsp3) is 0.727. The van der Waals surface area contributed by atoms with Crippen LogP contribution in [0.5, 0.6) is 0 Å². The van der Waals surface area contributed by atoms with E-state index >= 15 is 0 Å². The molecule has 1 N–H and O–H groups in total. The molecule has 0 aromatic heterocycles. The van der Waals surface area contributed by atoms with Crippen molar-refractivity contribution in [3.8, 4) is 6.07 Å². The number of carbonyl (C=O) groups is 2. The molecule has 1 aliphatic rings. The highest BCUT2D eigenvalue weighted by molar-refractivity contribution is 5.76. The van der Waals surface area contributed by atoms with E-state index in [4.69, 9.17) is 10.00 Å². The van der Waals surface area contributed by atoms with Crippen LogP contribution in [0.2, 0.25) is 0 Å². The molecule has 0 spiro atoms. The first-order valence-corrected chi connectivity index (χ1v) is 5.75. The first-order valence-electron chi connectivity index (χ1n) is 5.75. The number of urea groups is 1. The Morgan fingerprint density at radius 2 is 2.12 bits per heavy atom. The Bertz CT molecular complexity index is 316. The summed E-state index contributed by atoms with van der Waals surface area (Å²) in [5, 5.41) is 10.8. The fourth-order valence-corrected chi connectivity index (χ4v) is 1.81. The van der Waals surface area contributed by atoms with E-state index in [1.165, 1.54) is 0 Å². The lowest BCUT2D eigenvalue weighted by molar-refractivity contribution is -0.149. The summed E-state index contributed by atoms with van der Waals surface area (Å²) in [6, 6.07) is 1.61. The van der Waals surface area contributed by atoms with E-state index in [1.54, 1.807) is 11.8 Å². The molecule has 0 aromatic carbocycles. The Morgan fingerprint density at radius 3 is 2.65 bits per heavy atom.